The Hall–Kier alpha value is -1.79. The van der Waals surface area contributed by atoms with Crippen LogP contribution in [0.4, 0.5) is 10.1 Å². The average Bonchev–Trinajstić information content (AvgIpc) is 2.86. The second-order valence-electron chi connectivity index (χ2n) is 4.30. The van der Waals surface area contributed by atoms with Crippen LogP contribution >= 0.6 is 23.1 Å². The van der Waals surface area contributed by atoms with Crippen molar-refractivity contribution in [3.63, 3.8) is 0 Å². The van der Waals surface area contributed by atoms with E-state index in [-0.39, 0.29) is 5.75 Å². The van der Waals surface area contributed by atoms with Gasteiger partial charge in [0, 0.05) is 16.6 Å². The summed E-state index contributed by atoms with van der Waals surface area (Å²) in [5.41, 5.74) is 7.23. The SMILES string of the molecule is CCOc1cc(Sc2nc3ccccc3s2)c(N)cc1F. The predicted octanol–water partition coefficient (Wildman–Crippen LogP) is 4.57. The topological polar surface area (TPSA) is 48.1 Å². The van der Waals surface area contributed by atoms with Crippen LogP contribution in [0, 0.1) is 5.82 Å². The van der Waals surface area contributed by atoms with Gasteiger partial charge in [-0.25, -0.2) is 9.37 Å². The Bertz CT molecular complexity index is 755. The van der Waals surface area contributed by atoms with E-state index < -0.39 is 5.82 Å². The first-order valence-electron chi connectivity index (χ1n) is 6.42. The van der Waals surface area contributed by atoms with Crippen molar-refractivity contribution in [1.82, 2.24) is 4.98 Å². The molecule has 3 rings (SSSR count). The molecular formula is C15H13FN2OS2. The Labute approximate surface area is 130 Å². The molecular weight excluding hydrogens is 307 g/mol. The van der Waals surface area contributed by atoms with Crippen molar-refractivity contribution < 1.29 is 9.13 Å². The van der Waals surface area contributed by atoms with Crippen LogP contribution in [0.2, 0.25) is 0 Å². The number of aromatic nitrogens is 1. The minimum atomic E-state index is -0.442. The first kappa shape index (κ1) is 14.2. The fourth-order valence-electron chi connectivity index (χ4n) is 1.89. The predicted molar refractivity (Wildman–Crippen MR) is 85.7 cm³/mol. The van der Waals surface area contributed by atoms with Crippen LogP contribution in [-0.2, 0) is 0 Å². The molecule has 2 N–H and O–H groups in total. The van der Waals surface area contributed by atoms with Crippen molar-refractivity contribution >= 4 is 39.0 Å². The van der Waals surface area contributed by atoms with Gasteiger partial charge in [0.2, 0.25) is 0 Å². The summed E-state index contributed by atoms with van der Waals surface area (Å²) in [5.74, 6) is -0.224. The van der Waals surface area contributed by atoms with Crippen LogP contribution in [-0.4, -0.2) is 11.6 Å². The molecule has 3 nitrogen and oxygen atoms in total. The van der Waals surface area contributed by atoms with E-state index in [1.165, 1.54) is 17.8 Å². The van der Waals surface area contributed by atoms with Crippen LogP contribution < -0.4 is 10.5 Å². The average molecular weight is 320 g/mol. The molecule has 0 saturated carbocycles. The molecule has 0 aliphatic rings. The molecule has 1 aromatic heterocycles. The molecule has 0 saturated heterocycles. The van der Waals surface area contributed by atoms with Gasteiger partial charge in [0.1, 0.15) is 0 Å². The molecule has 0 unspecified atom stereocenters. The lowest BCUT2D eigenvalue weighted by molar-refractivity contribution is 0.321. The third kappa shape index (κ3) is 2.96. The summed E-state index contributed by atoms with van der Waals surface area (Å²) in [5, 5.41) is 0. The third-order valence-corrected chi connectivity index (χ3v) is 5.01. The zero-order valence-electron chi connectivity index (χ0n) is 11.3. The Balaban J connectivity index is 1.94. The van der Waals surface area contributed by atoms with Crippen molar-refractivity contribution in [2.75, 3.05) is 12.3 Å². The highest BCUT2D eigenvalue weighted by Crippen LogP contribution is 2.39. The lowest BCUT2D eigenvalue weighted by Crippen LogP contribution is -1.97. The van der Waals surface area contributed by atoms with Crippen molar-refractivity contribution in [2.45, 2.75) is 16.2 Å². The summed E-state index contributed by atoms with van der Waals surface area (Å²) in [6, 6.07) is 10.8. The zero-order chi connectivity index (χ0) is 14.8. The third-order valence-electron chi connectivity index (χ3n) is 2.84. The van der Waals surface area contributed by atoms with Gasteiger partial charge < -0.3 is 10.5 Å². The maximum Gasteiger partial charge on any atom is 0.167 e. The highest BCUT2D eigenvalue weighted by atomic mass is 32.2. The van der Waals surface area contributed by atoms with Crippen molar-refractivity contribution in [2.24, 2.45) is 0 Å². The summed E-state index contributed by atoms with van der Waals surface area (Å²) in [4.78, 5) is 5.29. The number of thiazole rings is 1. The minimum Gasteiger partial charge on any atom is -0.491 e. The maximum absolute atomic E-state index is 13.7. The summed E-state index contributed by atoms with van der Waals surface area (Å²) in [7, 11) is 0. The number of rotatable bonds is 4. The van der Waals surface area contributed by atoms with E-state index in [0.29, 0.717) is 12.3 Å². The van der Waals surface area contributed by atoms with E-state index in [1.807, 2.05) is 31.2 Å². The van der Waals surface area contributed by atoms with E-state index >= 15 is 0 Å². The first-order valence-corrected chi connectivity index (χ1v) is 8.06. The Kier molecular flexibility index (Phi) is 3.98. The Morgan fingerprint density at radius 1 is 1.33 bits per heavy atom. The highest BCUT2D eigenvalue weighted by Gasteiger charge is 2.12. The maximum atomic E-state index is 13.7. The number of ether oxygens (including phenoxy) is 1. The van der Waals surface area contributed by atoms with Crippen LogP contribution in [0.15, 0.2) is 45.6 Å². The van der Waals surface area contributed by atoms with Crippen LogP contribution in [0.5, 0.6) is 5.75 Å². The molecule has 2 aromatic carbocycles. The molecule has 0 radical (unpaired) electrons. The van der Waals surface area contributed by atoms with Gasteiger partial charge in [-0.3, -0.25) is 0 Å². The van der Waals surface area contributed by atoms with Gasteiger partial charge in [-0.05, 0) is 25.1 Å². The quantitative estimate of drug-likeness (QED) is 0.716. The monoisotopic (exact) mass is 320 g/mol. The van der Waals surface area contributed by atoms with E-state index in [1.54, 1.807) is 17.4 Å². The molecule has 21 heavy (non-hydrogen) atoms. The molecule has 6 heteroatoms. The largest absolute Gasteiger partial charge is 0.491 e. The van der Waals surface area contributed by atoms with Gasteiger partial charge in [0.15, 0.2) is 15.9 Å². The van der Waals surface area contributed by atoms with Gasteiger partial charge in [0.25, 0.3) is 0 Å². The smallest absolute Gasteiger partial charge is 0.167 e. The molecule has 0 aliphatic heterocycles. The van der Waals surface area contributed by atoms with Gasteiger partial charge in [-0.2, -0.15) is 0 Å². The summed E-state index contributed by atoms with van der Waals surface area (Å²) < 4.78 is 21.0. The molecule has 108 valence electrons. The standard InChI is InChI=1S/C15H13FN2OS2/c1-2-19-12-8-14(10(17)7-9(12)16)21-15-18-11-5-3-4-6-13(11)20-15/h3-8H,2,17H2,1H3. The molecule has 1 heterocycles. The molecule has 0 aliphatic carbocycles. The number of nitrogens with two attached hydrogens (primary N) is 1. The number of benzene rings is 2. The summed E-state index contributed by atoms with van der Waals surface area (Å²) >= 11 is 3.01. The van der Waals surface area contributed by atoms with Crippen LogP contribution in [0.25, 0.3) is 10.2 Å². The lowest BCUT2D eigenvalue weighted by Gasteiger charge is -2.09. The molecule has 0 atom stereocenters. The number of halogens is 1. The van der Waals surface area contributed by atoms with E-state index in [2.05, 4.69) is 4.98 Å². The number of hydrogen-bond acceptors (Lipinski definition) is 5. The number of nitrogen functional groups attached to an aromatic ring is 1. The normalized spacial score (nSPS) is 11.0. The van der Waals surface area contributed by atoms with Gasteiger partial charge in [-0.15, -0.1) is 11.3 Å². The van der Waals surface area contributed by atoms with Crippen LogP contribution in [0.3, 0.4) is 0 Å². The van der Waals surface area contributed by atoms with Gasteiger partial charge >= 0.3 is 0 Å². The number of hydrogen-bond donors (Lipinski definition) is 1. The second-order valence-corrected chi connectivity index (χ2v) is 6.62. The zero-order valence-corrected chi connectivity index (χ0v) is 12.9. The molecule has 0 fully saturated rings. The fraction of sp³-hybridized carbons (Fsp3) is 0.133. The van der Waals surface area contributed by atoms with Crippen molar-refractivity contribution in [3.05, 3.63) is 42.2 Å². The number of fused-ring (bicyclic) bond motifs is 1. The minimum absolute atomic E-state index is 0.218. The Morgan fingerprint density at radius 3 is 2.90 bits per heavy atom. The second kappa shape index (κ2) is 5.91. The Morgan fingerprint density at radius 2 is 2.14 bits per heavy atom. The van der Waals surface area contributed by atoms with E-state index in [9.17, 15) is 4.39 Å². The highest BCUT2D eigenvalue weighted by molar-refractivity contribution is 8.01. The van der Waals surface area contributed by atoms with Crippen molar-refractivity contribution in [3.8, 4) is 5.75 Å². The van der Waals surface area contributed by atoms with Gasteiger partial charge in [0.05, 0.1) is 16.8 Å². The molecule has 0 spiro atoms. The number of nitrogens with zero attached hydrogens (tertiary/aromatic N) is 1. The first-order chi connectivity index (χ1) is 10.2. The van der Waals surface area contributed by atoms with E-state index in [4.69, 9.17) is 10.5 Å². The van der Waals surface area contributed by atoms with Gasteiger partial charge in [-0.1, -0.05) is 23.9 Å². The molecule has 3 aromatic rings. The molecule has 0 bridgehead atoms. The fourth-order valence-corrected chi connectivity index (χ4v) is 3.97. The summed E-state index contributed by atoms with van der Waals surface area (Å²) in [6.07, 6.45) is 0. The summed E-state index contributed by atoms with van der Waals surface area (Å²) in [6.45, 7) is 2.22. The number of anilines is 1. The number of para-hydroxylation sites is 1. The van der Waals surface area contributed by atoms with Crippen LogP contribution in [0.1, 0.15) is 6.92 Å². The van der Waals surface area contributed by atoms with Crippen molar-refractivity contribution in [1.29, 1.82) is 0 Å². The molecule has 0 amide bonds. The van der Waals surface area contributed by atoms with E-state index in [0.717, 1.165) is 19.5 Å². The lowest BCUT2D eigenvalue weighted by atomic mass is 10.3.